The highest BCUT2D eigenvalue weighted by atomic mass is 19.3. The number of benzene rings is 1. The van der Waals surface area contributed by atoms with Gasteiger partial charge in [0.2, 0.25) is 0 Å². The van der Waals surface area contributed by atoms with Crippen LogP contribution in [-0.4, -0.2) is 36.6 Å². The Kier molecular flexibility index (Phi) is 4.11. The monoisotopic (exact) mass is 270 g/mol. The largest absolute Gasteiger partial charge is 0.390 e. The van der Waals surface area contributed by atoms with Crippen LogP contribution in [0.25, 0.3) is 0 Å². The second kappa shape index (κ2) is 5.63. The third-order valence-corrected chi connectivity index (χ3v) is 3.09. The maximum atomic E-state index is 12.8. The van der Waals surface area contributed by atoms with Gasteiger partial charge in [-0.1, -0.05) is 6.07 Å². The Morgan fingerprint density at radius 2 is 2.21 bits per heavy atom. The quantitative estimate of drug-likeness (QED) is 0.754. The molecule has 1 aliphatic rings. The smallest absolute Gasteiger partial charge is 0.287 e. The fourth-order valence-electron chi connectivity index (χ4n) is 1.99. The number of halogens is 2. The number of aliphatic hydroxyl groups excluding tert-OH is 1. The van der Waals surface area contributed by atoms with Gasteiger partial charge in [0.05, 0.1) is 6.54 Å². The van der Waals surface area contributed by atoms with Gasteiger partial charge >= 0.3 is 0 Å². The molecule has 6 heteroatoms. The van der Waals surface area contributed by atoms with E-state index in [4.69, 9.17) is 5.11 Å². The number of hydrogen-bond acceptors (Lipinski definition) is 3. The van der Waals surface area contributed by atoms with Gasteiger partial charge in [-0.05, 0) is 36.2 Å². The molecule has 1 heterocycles. The average molecular weight is 270 g/mol. The first-order valence-corrected chi connectivity index (χ1v) is 6.11. The number of amides is 1. The lowest BCUT2D eigenvalue weighted by Gasteiger charge is -2.18. The second-order valence-electron chi connectivity index (χ2n) is 4.61. The zero-order valence-electron chi connectivity index (χ0n) is 10.4. The van der Waals surface area contributed by atoms with Crippen molar-refractivity contribution in [2.75, 3.05) is 19.7 Å². The van der Waals surface area contributed by atoms with E-state index in [1.807, 2.05) is 6.07 Å². The molecule has 2 rings (SSSR count). The third kappa shape index (κ3) is 3.48. The summed E-state index contributed by atoms with van der Waals surface area (Å²) >= 11 is 0. The lowest BCUT2D eigenvalue weighted by atomic mass is 9.98. The summed E-state index contributed by atoms with van der Waals surface area (Å²) < 4.78 is 25.7. The molecule has 0 radical (unpaired) electrons. The molecule has 1 aromatic rings. The molecule has 19 heavy (non-hydrogen) atoms. The van der Waals surface area contributed by atoms with Crippen LogP contribution in [0, 0.1) is 0 Å². The normalized spacial score (nSPS) is 14.9. The second-order valence-corrected chi connectivity index (χ2v) is 4.61. The average Bonchev–Trinajstić information content (AvgIpc) is 2.44. The highest BCUT2D eigenvalue weighted by Crippen LogP contribution is 2.16. The molecule has 4 nitrogen and oxygen atoms in total. The first kappa shape index (κ1) is 13.9. The summed E-state index contributed by atoms with van der Waals surface area (Å²) in [6.45, 7) is -0.552. The fraction of sp³-hybridized carbons (Fsp3) is 0.462. The topological polar surface area (TPSA) is 61.4 Å². The van der Waals surface area contributed by atoms with Gasteiger partial charge in [0, 0.05) is 12.1 Å². The Morgan fingerprint density at radius 1 is 1.42 bits per heavy atom. The van der Waals surface area contributed by atoms with E-state index in [0.717, 1.165) is 18.5 Å². The van der Waals surface area contributed by atoms with Crippen molar-refractivity contribution in [3.8, 4) is 0 Å². The van der Waals surface area contributed by atoms with Crippen LogP contribution < -0.4 is 10.6 Å². The molecule has 104 valence electrons. The van der Waals surface area contributed by atoms with E-state index in [9.17, 15) is 13.6 Å². The van der Waals surface area contributed by atoms with Crippen molar-refractivity contribution >= 4 is 5.91 Å². The predicted octanol–water partition coefficient (Wildman–Crippen LogP) is 0.690. The van der Waals surface area contributed by atoms with Crippen LogP contribution in [0.5, 0.6) is 0 Å². The van der Waals surface area contributed by atoms with E-state index in [2.05, 4.69) is 10.6 Å². The zero-order valence-corrected chi connectivity index (χ0v) is 10.4. The lowest BCUT2D eigenvalue weighted by molar-refractivity contribution is -0.0462. The van der Waals surface area contributed by atoms with Gasteiger partial charge in [-0.2, -0.15) is 0 Å². The summed E-state index contributed by atoms with van der Waals surface area (Å²) in [5, 5.41) is 13.7. The maximum Gasteiger partial charge on any atom is 0.287 e. The zero-order chi connectivity index (χ0) is 13.9. The van der Waals surface area contributed by atoms with Crippen LogP contribution in [0.3, 0.4) is 0 Å². The van der Waals surface area contributed by atoms with E-state index in [1.165, 1.54) is 5.56 Å². The summed E-state index contributed by atoms with van der Waals surface area (Å²) in [6, 6.07) is 5.21. The third-order valence-electron chi connectivity index (χ3n) is 3.09. The molecule has 0 spiro atoms. The van der Waals surface area contributed by atoms with Crippen molar-refractivity contribution in [2.24, 2.45) is 0 Å². The van der Waals surface area contributed by atoms with Crippen molar-refractivity contribution in [3.63, 3.8) is 0 Å². The van der Waals surface area contributed by atoms with Gasteiger partial charge in [0.15, 0.2) is 0 Å². The SMILES string of the molecule is O=C(NCC(F)(F)CO)c1ccc2c(c1)CNCC2. The lowest BCUT2D eigenvalue weighted by Crippen LogP contribution is -2.39. The van der Waals surface area contributed by atoms with Gasteiger partial charge in [0.1, 0.15) is 6.61 Å². The first-order chi connectivity index (χ1) is 9.02. The number of fused-ring (bicyclic) bond motifs is 1. The number of rotatable bonds is 4. The van der Waals surface area contributed by atoms with Crippen LogP contribution in [0.1, 0.15) is 21.5 Å². The Hall–Kier alpha value is -1.53. The van der Waals surface area contributed by atoms with Crippen molar-refractivity contribution in [1.82, 2.24) is 10.6 Å². The molecule has 1 aromatic carbocycles. The number of carbonyl (C=O) groups is 1. The number of hydrogen-bond donors (Lipinski definition) is 3. The first-order valence-electron chi connectivity index (χ1n) is 6.11. The number of alkyl halides is 2. The highest BCUT2D eigenvalue weighted by molar-refractivity contribution is 5.94. The Balaban J connectivity index is 2.03. The van der Waals surface area contributed by atoms with Crippen molar-refractivity contribution in [3.05, 3.63) is 34.9 Å². The summed E-state index contributed by atoms with van der Waals surface area (Å²) in [5.41, 5.74) is 2.56. The van der Waals surface area contributed by atoms with Crippen LogP contribution >= 0.6 is 0 Å². The van der Waals surface area contributed by atoms with Gasteiger partial charge < -0.3 is 15.7 Å². The van der Waals surface area contributed by atoms with E-state index >= 15 is 0 Å². The summed E-state index contributed by atoms with van der Waals surface area (Å²) in [4.78, 5) is 11.7. The molecule has 0 aliphatic carbocycles. The van der Waals surface area contributed by atoms with Gasteiger partial charge in [-0.3, -0.25) is 4.79 Å². The molecular formula is C13H16F2N2O2. The molecule has 0 saturated heterocycles. The Morgan fingerprint density at radius 3 is 2.95 bits per heavy atom. The van der Waals surface area contributed by atoms with Crippen LogP contribution in [-0.2, 0) is 13.0 Å². The summed E-state index contributed by atoms with van der Waals surface area (Å²) in [7, 11) is 0. The predicted molar refractivity (Wildman–Crippen MR) is 66.2 cm³/mol. The molecule has 0 fully saturated rings. The molecule has 3 N–H and O–H groups in total. The number of aliphatic hydroxyl groups is 1. The van der Waals surface area contributed by atoms with Crippen molar-refractivity contribution in [1.29, 1.82) is 0 Å². The molecule has 1 aliphatic heterocycles. The minimum Gasteiger partial charge on any atom is -0.390 e. The van der Waals surface area contributed by atoms with Crippen LogP contribution in [0.2, 0.25) is 0 Å². The Bertz CT molecular complexity index is 478. The van der Waals surface area contributed by atoms with E-state index in [-0.39, 0.29) is 0 Å². The molecular weight excluding hydrogens is 254 g/mol. The maximum absolute atomic E-state index is 12.8. The van der Waals surface area contributed by atoms with Gasteiger partial charge in [0.25, 0.3) is 11.8 Å². The van der Waals surface area contributed by atoms with Crippen molar-refractivity contribution < 1.29 is 18.7 Å². The molecule has 0 saturated carbocycles. The van der Waals surface area contributed by atoms with Crippen molar-refractivity contribution in [2.45, 2.75) is 18.9 Å². The highest BCUT2D eigenvalue weighted by Gasteiger charge is 2.28. The fourth-order valence-corrected chi connectivity index (χ4v) is 1.99. The summed E-state index contributed by atoms with van der Waals surface area (Å²) in [5.74, 6) is -3.84. The molecule has 1 amide bonds. The number of carbonyl (C=O) groups excluding carboxylic acids is 1. The molecule has 0 aromatic heterocycles. The Labute approximate surface area is 109 Å². The van der Waals surface area contributed by atoms with Gasteiger partial charge in [-0.15, -0.1) is 0 Å². The van der Waals surface area contributed by atoms with Crippen LogP contribution in [0.15, 0.2) is 18.2 Å². The van der Waals surface area contributed by atoms with E-state index in [0.29, 0.717) is 12.1 Å². The molecule has 0 atom stereocenters. The van der Waals surface area contributed by atoms with E-state index < -0.39 is 25.0 Å². The standard InChI is InChI=1S/C13H16F2N2O2/c14-13(15,8-18)7-17-12(19)10-2-1-9-3-4-16-6-11(9)5-10/h1-2,5,16,18H,3-4,6-8H2,(H,17,19). The minimum atomic E-state index is -3.29. The molecule has 0 bridgehead atoms. The minimum absolute atomic E-state index is 0.358. The summed E-state index contributed by atoms with van der Waals surface area (Å²) in [6.07, 6.45) is 0.903. The van der Waals surface area contributed by atoms with Gasteiger partial charge in [-0.25, -0.2) is 8.78 Å². The number of nitrogens with one attached hydrogen (secondary N) is 2. The van der Waals surface area contributed by atoms with E-state index in [1.54, 1.807) is 12.1 Å². The molecule has 0 unspecified atom stereocenters. The van der Waals surface area contributed by atoms with Crippen LogP contribution in [0.4, 0.5) is 8.78 Å².